The molecule has 1 atom stereocenters. The monoisotopic (exact) mass is 604 g/mol. The number of halogens is 1. The number of aromatic nitrogens is 4. The topological polar surface area (TPSA) is 158 Å². The first kappa shape index (κ1) is 31.7. The number of aryl methyl sites for hydroxylation is 1. The van der Waals surface area contributed by atoms with Gasteiger partial charge in [-0.25, -0.2) is 14.2 Å². The molecule has 0 radical (unpaired) electrons. The Morgan fingerprint density at radius 3 is 2.43 bits per heavy atom. The van der Waals surface area contributed by atoms with Crippen LogP contribution in [0.5, 0.6) is 0 Å². The van der Waals surface area contributed by atoms with Crippen LogP contribution in [0.15, 0.2) is 63.9 Å². The molecule has 230 valence electrons. The van der Waals surface area contributed by atoms with Gasteiger partial charge in [-0.2, -0.15) is 0 Å². The van der Waals surface area contributed by atoms with Gasteiger partial charge in [0.2, 0.25) is 17.6 Å². The summed E-state index contributed by atoms with van der Waals surface area (Å²) in [5.41, 5.74) is -0.0258. The molecule has 0 aliphatic heterocycles. The summed E-state index contributed by atoms with van der Waals surface area (Å²) in [5.74, 6) is -2.02. The average molecular weight is 605 g/mol. The van der Waals surface area contributed by atoms with Crippen molar-refractivity contribution in [2.75, 3.05) is 12.4 Å². The van der Waals surface area contributed by atoms with Gasteiger partial charge in [0.1, 0.15) is 23.9 Å². The van der Waals surface area contributed by atoms with Gasteiger partial charge in [0.15, 0.2) is 0 Å². The molecule has 2 amide bonds. The van der Waals surface area contributed by atoms with Gasteiger partial charge in [-0.15, -0.1) is 10.2 Å². The van der Waals surface area contributed by atoms with Crippen LogP contribution < -0.4 is 16.2 Å². The molecule has 2 heterocycles. The van der Waals surface area contributed by atoms with Gasteiger partial charge in [-0.05, 0) is 43.9 Å². The molecule has 2 aromatic carbocycles. The molecule has 0 aliphatic carbocycles. The third-order valence-electron chi connectivity index (χ3n) is 7.12. The molecule has 2 N–H and O–H groups in total. The second-order valence-corrected chi connectivity index (χ2v) is 11.0. The van der Waals surface area contributed by atoms with E-state index in [1.165, 1.54) is 12.3 Å². The highest BCUT2D eigenvalue weighted by atomic mass is 19.1. The number of anilines is 1. The van der Waals surface area contributed by atoms with E-state index in [0.29, 0.717) is 16.7 Å². The second kappa shape index (κ2) is 13.0. The SMILES string of the molecule is COC(=O)Nc1cnc(-c2ccccc2)n(CC(=O)N[C@@H](C(=O)c2nnc(C(C)(C)c3ccc(F)c(C)c3)o2)C(C)C)c1=O. The molecule has 44 heavy (non-hydrogen) atoms. The van der Waals surface area contributed by atoms with Crippen molar-refractivity contribution in [3.63, 3.8) is 0 Å². The van der Waals surface area contributed by atoms with Crippen molar-refractivity contribution in [2.24, 2.45) is 5.92 Å². The third-order valence-corrected chi connectivity index (χ3v) is 7.12. The van der Waals surface area contributed by atoms with Gasteiger partial charge < -0.3 is 14.5 Å². The van der Waals surface area contributed by atoms with Crippen molar-refractivity contribution < 1.29 is 27.9 Å². The second-order valence-electron chi connectivity index (χ2n) is 11.0. The van der Waals surface area contributed by atoms with E-state index in [9.17, 15) is 23.6 Å². The smallest absolute Gasteiger partial charge is 0.411 e. The van der Waals surface area contributed by atoms with E-state index in [1.54, 1.807) is 63.2 Å². The quantitative estimate of drug-likeness (QED) is 0.252. The summed E-state index contributed by atoms with van der Waals surface area (Å²) in [6.07, 6.45) is 0.299. The van der Waals surface area contributed by atoms with Crippen LogP contribution in [0.25, 0.3) is 11.4 Å². The van der Waals surface area contributed by atoms with Crippen molar-refractivity contribution in [1.82, 2.24) is 25.1 Å². The number of benzene rings is 2. The molecule has 0 bridgehead atoms. The van der Waals surface area contributed by atoms with Crippen LogP contribution in [0.2, 0.25) is 0 Å². The Hall–Kier alpha value is -5.20. The molecule has 12 nitrogen and oxygen atoms in total. The lowest BCUT2D eigenvalue weighted by Crippen LogP contribution is -2.46. The van der Waals surface area contributed by atoms with Gasteiger partial charge >= 0.3 is 6.09 Å². The normalized spacial score (nSPS) is 12.1. The van der Waals surface area contributed by atoms with Gasteiger partial charge in [0, 0.05) is 5.56 Å². The Bertz CT molecular complexity index is 1750. The summed E-state index contributed by atoms with van der Waals surface area (Å²) >= 11 is 0. The summed E-state index contributed by atoms with van der Waals surface area (Å²) < 4.78 is 25.3. The Morgan fingerprint density at radius 1 is 1.09 bits per heavy atom. The van der Waals surface area contributed by atoms with Gasteiger partial charge in [-0.1, -0.05) is 56.3 Å². The number of ether oxygens (including phenoxy) is 1. The fourth-order valence-corrected chi connectivity index (χ4v) is 4.47. The molecule has 4 aromatic rings. The number of nitrogens with zero attached hydrogens (tertiary/aromatic N) is 4. The first-order valence-corrected chi connectivity index (χ1v) is 13.8. The van der Waals surface area contributed by atoms with Crippen molar-refractivity contribution >= 4 is 23.5 Å². The number of carbonyl (C=O) groups excluding carboxylic acids is 3. The highest BCUT2D eigenvalue weighted by molar-refractivity contribution is 5.98. The minimum absolute atomic E-state index is 0.140. The summed E-state index contributed by atoms with van der Waals surface area (Å²) in [6, 6.07) is 12.3. The molecule has 13 heteroatoms. The molecular weight excluding hydrogens is 571 g/mol. The number of hydrogen-bond donors (Lipinski definition) is 2. The largest absolute Gasteiger partial charge is 0.453 e. The Morgan fingerprint density at radius 2 is 1.80 bits per heavy atom. The summed E-state index contributed by atoms with van der Waals surface area (Å²) in [6.45, 7) is 8.21. The maximum Gasteiger partial charge on any atom is 0.411 e. The minimum atomic E-state index is -1.08. The van der Waals surface area contributed by atoms with E-state index in [4.69, 9.17) is 4.42 Å². The van der Waals surface area contributed by atoms with Crippen LogP contribution in [0, 0.1) is 18.7 Å². The summed E-state index contributed by atoms with van der Waals surface area (Å²) in [7, 11) is 1.15. The molecule has 0 fully saturated rings. The lowest BCUT2D eigenvalue weighted by Gasteiger charge is -2.22. The molecule has 0 aliphatic rings. The predicted octanol–water partition coefficient (Wildman–Crippen LogP) is 4.27. The van der Waals surface area contributed by atoms with Crippen molar-refractivity contribution in [3.05, 3.63) is 93.8 Å². The van der Waals surface area contributed by atoms with Crippen LogP contribution in [0.3, 0.4) is 0 Å². The Kier molecular flexibility index (Phi) is 9.36. The first-order valence-electron chi connectivity index (χ1n) is 13.8. The maximum absolute atomic E-state index is 13.8. The fraction of sp³-hybridized carbons (Fsp3) is 0.323. The van der Waals surface area contributed by atoms with Gasteiger partial charge in [-0.3, -0.25) is 24.3 Å². The lowest BCUT2D eigenvalue weighted by atomic mass is 9.84. The van der Waals surface area contributed by atoms with E-state index in [0.717, 1.165) is 11.7 Å². The van der Waals surface area contributed by atoms with Crippen molar-refractivity contribution in [2.45, 2.75) is 52.6 Å². The Labute approximate surface area is 252 Å². The van der Waals surface area contributed by atoms with E-state index < -0.39 is 47.3 Å². The first-order chi connectivity index (χ1) is 20.8. The highest BCUT2D eigenvalue weighted by Crippen LogP contribution is 2.31. The van der Waals surface area contributed by atoms with Crippen LogP contribution in [0.4, 0.5) is 14.9 Å². The zero-order chi connectivity index (χ0) is 32.2. The number of Topliss-reactive ketones (excluding diaryl/α,β-unsaturated/α-hetero) is 1. The number of nitrogens with one attached hydrogen (secondary N) is 2. The summed E-state index contributed by atoms with van der Waals surface area (Å²) in [5, 5.41) is 13.0. The predicted molar refractivity (Wildman–Crippen MR) is 159 cm³/mol. The minimum Gasteiger partial charge on any atom is -0.453 e. The number of methoxy groups -OCH3 is 1. The number of ketones is 1. The number of amides is 2. The molecule has 2 aromatic heterocycles. The van der Waals surface area contributed by atoms with Gasteiger partial charge in [0.25, 0.3) is 11.4 Å². The van der Waals surface area contributed by atoms with E-state index in [1.807, 2.05) is 13.8 Å². The van der Waals surface area contributed by atoms with Crippen LogP contribution >= 0.6 is 0 Å². The summed E-state index contributed by atoms with van der Waals surface area (Å²) in [4.78, 5) is 56.2. The zero-order valence-electron chi connectivity index (χ0n) is 25.2. The molecule has 4 rings (SSSR count). The van der Waals surface area contributed by atoms with Crippen molar-refractivity contribution in [1.29, 1.82) is 0 Å². The van der Waals surface area contributed by atoms with E-state index in [-0.39, 0.29) is 29.1 Å². The maximum atomic E-state index is 13.8. The van der Waals surface area contributed by atoms with Crippen LogP contribution in [0.1, 0.15) is 55.4 Å². The third kappa shape index (κ3) is 6.72. The molecule has 0 spiro atoms. The number of rotatable bonds is 10. The van der Waals surface area contributed by atoms with E-state index >= 15 is 0 Å². The Balaban J connectivity index is 1.60. The lowest BCUT2D eigenvalue weighted by molar-refractivity contribution is -0.122. The number of hydrogen-bond acceptors (Lipinski definition) is 9. The molecular formula is C31H33FN6O6. The number of carbonyl (C=O) groups is 3. The van der Waals surface area contributed by atoms with Crippen molar-refractivity contribution in [3.8, 4) is 11.4 Å². The highest BCUT2D eigenvalue weighted by Gasteiger charge is 2.34. The average Bonchev–Trinajstić information content (AvgIpc) is 3.51. The zero-order valence-corrected chi connectivity index (χ0v) is 25.2. The van der Waals surface area contributed by atoms with Gasteiger partial charge in [0.05, 0.1) is 24.8 Å². The fourth-order valence-electron chi connectivity index (χ4n) is 4.47. The molecule has 0 saturated heterocycles. The van der Waals surface area contributed by atoms with Crippen LogP contribution in [-0.4, -0.2) is 50.7 Å². The molecule has 0 unspecified atom stereocenters. The van der Waals surface area contributed by atoms with E-state index in [2.05, 4.69) is 30.6 Å². The standard InChI is InChI=1S/C31H33FN6O6/c1-17(2)24(25(40)27-36-37-29(44-27)31(4,5)20-12-13-21(32)18(3)14-20)35-23(39)16-38-26(19-10-8-7-9-11-19)33-15-22(28(38)41)34-30(42)43-6/h7-15,17,24H,16H2,1-6H3,(H,34,42)(H,35,39)/t24-/m1/s1. The molecule has 0 saturated carbocycles. The van der Waals surface area contributed by atoms with Crippen LogP contribution in [-0.2, 0) is 21.5 Å².